The smallest absolute Gasteiger partial charge is 0.253 e. The molecule has 1 amide bonds. The lowest BCUT2D eigenvalue weighted by molar-refractivity contribution is 0.0552. The number of nitrogen functional groups attached to an aromatic ring is 1. The monoisotopic (exact) mass is 600 g/mol. The number of carbonyl (C=O) groups excluding carboxylic acids is 2. The molecule has 2 N–H and O–H groups in total. The summed E-state index contributed by atoms with van der Waals surface area (Å²) in [4.78, 5) is 34.2. The van der Waals surface area contributed by atoms with Crippen molar-refractivity contribution < 1.29 is 27.8 Å². The topological polar surface area (TPSA) is 98.0 Å². The van der Waals surface area contributed by atoms with Gasteiger partial charge < -0.3 is 20.1 Å². The molecule has 8 nitrogen and oxygen atoms in total. The van der Waals surface area contributed by atoms with Gasteiger partial charge in [-0.2, -0.15) is 0 Å². The number of hydrogen-bond acceptors (Lipinski definition) is 7. The molecule has 11 heteroatoms. The van der Waals surface area contributed by atoms with Crippen molar-refractivity contribution in [2.75, 3.05) is 51.7 Å². The Morgan fingerprint density at radius 2 is 1.76 bits per heavy atom. The molecule has 42 heavy (non-hydrogen) atoms. The van der Waals surface area contributed by atoms with Crippen LogP contribution in [-0.4, -0.2) is 72.4 Å². The Bertz CT molecular complexity index is 1400. The first-order valence-electron chi connectivity index (χ1n) is 13.9. The van der Waals surface area contributed by atoms with Gasteiger partial charge in [0.25, 0.3) is 5.91 Å². The van der Waals surface area contributed by atoms with Crippen LogP contribution < -0.4 is 10.5 Å². The minimum atomic E-state index is -1.09. The van der Waals surface area contributed by atoms with Gasteiger partial charge in [-0.3, -0.25) is 14.5 Å². The third-order valence-corrected chi connectivity index (χ3v) is 7.41. The second-order valence-corrected chi connectivity index (χ2v) is 10.6. The number of Topliss-reactive ketones (excluding diaryl/α,β-unsaturated/α-hetero) is 1. The Kier molecular flexibility index (Phi) is 10.8. The van der Waals surface area contributed by atoms with Crippen LogP contribution in [0.2, 0.25) is 5.02 Å². The quantitative estimate of drug-likeness (QED) is 0.170. The second kappa shape index (κ2) is 14.5. The molecule has 0 spiro atoms. The van der Waals surface area contributed by atoms with Crippen molar-refractivity contribution in [2.24, 2.45) is 0 Å². The number of halogens is 3. The van der Waals surface area contributed by atoms with Crippen molar-refractivity contribution in [1.82, 2.24) is 14.8 Å². The van der Waals surface area contributed by atoms with E-state index in [0.717, 1.165) is 44.8 Å². The fourth-order valence-corrected chi connectivity index (χ4v) is 4.88. The standard InChI is InChI=1S/C31H35ClF2N4O4/c1-3-15-41-16-14-37-10-12-38(13-11-37)31(40)22-6-4-21(5-7-22)17-26(39)23-18-27(30(35)36-19-23)42-20(2)28-25(33)9-8-24(32)29(28)34/h4-9,18-20H,3,10-17H2,1-2H3,(H2,35,36)/t20-/m1/s1. The summed E-state index contributed by atoms with van der Waals surface area (Å²) in [7, 11) is 0. The molecule has 224 valence electrons. The lowest BCUT2D eigenvalue weighted by atomic mass is 10.0. The molecule has 0 unspecified atom stereocenters. The molecule has 0 aliphatic carbocycles. The van der Waals surface area contributed by atoms with Gasteiger partial charge in [-0.15, -0.1) is 0 Å². The summed E-state index contributed by atoms with van der Waals surface area (Å²) < 4.78 is 40.0. The molecule has 1 aliphatic heterocycles. The van der Waals surface area contributed by atoms with Crippen LogP contribution in [0.1, 0.15) is 58.2 Å². The number of ether oxygens (including phenoxy) is 2. The van der Waals surface area contributed by atoms with E-state index in [2.05, 4.69) is 16.8 Å². The van der Waals surface area contributed by atoms with Crippen LogP contribution in [0.5, 0.6) is 5.75 Å². The van der Waals surface area contributed by atoms with Crippen molar-refractivity contribution >= 4 is 29.1 Å². The van der Waals surface area contributed by atoms with E-state index in [-0.39, 0.29) is 45.8 Å². The van der Waals surface area contributed by atoms with Gasteiger partial charge in [0.15, 0.2) is 23.2 Å². The van der Waals surface area contributed by atoms with E-state index >= 15 is 0 Å². The van der Waals surface area contributed by atoms with Crippen molar-refractivity contribution in [2.45, 2.75) is 32.8 Å². The van der Waals surface area contributed by atoms with Crippen LogP contribution >= 0.6 is 11.6 Å². The molecule has 2 aromatic carbocycles. The molecule has 1 aliphatic rings. The molecule has 1 atom stereocenters. The summed E-state index contributed by atoms with van der Waals surface area (Å²) in [5.41, 5.74) is 7.05. The van der Waals surface area contributed by atoms with Gasteiger partial charge in [0, 0.05) is 63.1 Å². The van der Waals surface area contributed by atoms with Gasteiger partial charge in [0.05, 0.1) is 17.2 Å². The Balaban J connectivity index is 1.34. The van der Waals surface area contributed by atoms with Gasteiger partial charge in [0.1, 0.15) is 11.9 Å². The molecule has 1 aromatic heterocycles. The minimum Gasteiger partial charge on any atom is -0.482 e. The molecule has 4 rings (SSSR count). The second-order valence-electron chi connectivity index (χ2n) is 10.2. The highest BCUT2D eigenvalue weighted by molar-refractivity contribution is 6.30. The Labute approximate surface area is 249 Å². The van der Waals surface area contributed by atoms with E-state index in [1.165, 1.54) is 19.2 Å². The molecule has 1 fully saturated rings. The van der Waals surface area contributed by atoms with Crippen molar-refractivity contribution in [1.29, 1.82) is 0 Å². The number of nitrogens with two attached hydrogens (primary N) is 1. The first-order valence-corrected chi connectivity index (χ1v) is 14.3. The molecule has 2 heterocycles. The van der Waals surface area contributed by atoms with E-state index in [4.69, 9.17) is 26.8 Å². The van der Waals surface area contributed by atoms with E-state index in [1.54, 1.807) is 24.3 Å². The Hall–Kier alpha value is -3.60. The summed E-state index contributed by atoms with van der Waals surface area (Å²) in [5, 5.41) is -0.240. The maximum atomic E-state index is 14.4. The van der Waals surface area contributed by atoms with Crippen LogP contribution in [0.4, 0.5) is 14.6 Å². The Morgan fingerprint density at radius 1 is 1.05 bits per heavy atom. The average molecular weight is 601 g/mol. The average Bonchev–Trinajstić information content (AvgIpc) is 2.99. The number of hydrogen-bond donors (Lipinski definition) is 1. The maximum absolute atomic E-state index is 14.4. The van der Waals surface area contributed by atoms with Crippen LogP contribution in [-0.2, 0) is 11.2 Å². The SMILES string of the molecule is CCCOCCN1CCN(C(=O)c2ccc(CC(=O)c3cnc(N)c(O[C@H](C)c4c(F)ccc(Cl)c4F)c3)cc2)CC1. The lowest BCUT2D eigenvalue weighted by Crippen LogP contribution is -2.49. The van der Waals surface area contributed by atoms with Gasteiger partial charge in [-0.05, 0) is 49.2 Å². The summed E-state index contributed by atoms with van der Waals surface area (Å²) in [6, 6.07) is 10.5. The third kappa shape index (κ3) is 7.81. The summed E-state index contributed by atoms with van der Waals surface area (Å²) >= 11 is 5.80. The molecule has 0 bridgehead atoms. The first kappa shape index (κ1) is 31.3. The fourth-order valence-electron chi connectivity index (χ4n) is 4.72. The van der Waals surface area contributed by atoms with E-state index < -0.39 is 17.7 Å². The summed E-state index contributed by atoms with van der Waals surface area (Å²) in [5.74, 6) is -2.07. The highest BCUT2D eigenvalue weighted by Crippen LogP contribution is 2.32. The van der Waals surface area contributed by atoms with E-state index in [9.17, 15) is 18.4 Å². The summed E-state index contributed by atoms with van der Waals surface area (Å²) in [6.07, 6.45) is 1.28. The number of amides is 1. The van der Waals surface area contributed by atoms with Gasteiger partial charge in [0.2, 0.25) is 0 Å². The number of benzene rings is 2. The van der Waals surface area contributed by atoms with Crippen molar-refractivity contribution in [3.63, 3.8) is 0 Å². The number of carbonyl (C=O) groups is 2. The van der Waals surface area contributed by atoms with Crippen LogP contribution in [0.25, 0.3) is 0 Å². The molecular weight excluding hydrogens is 566 g/mol. The van der Waals surface area contributed by atoms with Gasteiger partial charge in [-0.25, -0.2) is 13.8 Å². The minimum absolute atomic E-state index is 0.0154. The largest absolute Gasteiger partial charge is 0.482 e. The highest BCUT2D eigenvalue weighted by atomic mass is 35.5. The number of aromatic nitrogens is 1. The molecule has 3 aromatic rings. The molecule has 0 saturated carbocycles. The van der Waals surface area contributed by atoms with E-state index in [1.807, 2.05) is 4.90 Å². The number of pyridine rings is 1. The zero-order valence-electron chi connectivity index (χ0n) is 23.7. The molecular formula is C31H35ClF2N4O4. The zero-order valence-corrected chi connectivity index (χ0v) is 24.5. The fraction of sp³-hybridized carbons (Fsp3) is 0.387. The number of anilines is 1. The number of rotatable bonds is 12. The molecule has 0 radical (unpaired) electrons. The van der Waals surface area contributed by atoms with Crippen LogP contribution in [0.15, 0.2) is 48.7 Å². The number of piperazine rings is 1. The lowest BCUT2D eigenvalue weighted by Gasteiger charge is -2.34. The van der Waals surface area contributed by atoms with E-state index in [0.29, 0.717) is 30.8 Å². The summed E-state index contributed by atoms with van der Waals surface area (Å²) in [6.45, 7) is 8.75. The Morgan fingerprint density at radius 3 is 2.45 bits per heavy atom. The zero-order chi connectivity index (χ0) is 30.2. The predicted octanol–water partition coefficient (Wildman–Crippen LogP) is 5.35. The van der Waals surface area contributed by atoms with Gasteiger partial charge >= 0.3 is 0 Å². The van der Waals surface area contributed by atoms with Crippen LogP contribution in [0.3, 0.4) is 0 Å². The van der Waals surface area contributed by atoms with Crippen molar-refractivity contribution in [3.8, 4) is 5.75 Å². The normalized spacial score (nSPS) is 14.5. The number of ketones is 1. The number of nitrogens with zero attached hydrogens (tertiary/aromatic N) is 3. The molecule has 1 saturated heterocycles. The van der Waals surface area contributed by atoms with Crippen LogP contribution in [0, 0.1) is 11.6 Å². The maximum Gasteiger partial charge on any atom is 0.253 e. The third-order valence-electron chi connectivity index (χ3n) is 7.12. The van der Waals surface area contributed by atoms with Gasteiger partial charge in [-0.1, -0.05) is 30.7 Å². The predicted molar refractivity (Wildman–Crippen MR) is 157 cm³/mol. The highest BCUT2D eigenvalue weighted by Gasteiger charge is 2.23. The van der Waals surface area contributed by atoms with Crippen molar-refractivity contribution in [3.05, 3.63) is 87.6 Å². The first-order chi connectivity index (χ1) is 20.2.